The minimum Gasteiger partial charge on any atom is -0.463 e. The SMILES string of the molecule is C[C@@H]1CN(c2nc(OCC3(CN4CCCC4)CC3)nc3c2CCNC3)C[C@H](CC#N)N1C(=O)OCc1ccccc1. The van der Waals surface area contributed by atoms with Crippen molar-refractivity contribution in [1.82, 2.24) is 25.1 Å². The predicted molar refractivity (Wildman–Crippen MR) is 154 cm³/mol. The van der Waals surface area contributed by atoms with E-state index in [0.717, 1.165) is 42.1 Å². The monoisotopic (exact) mass is 559 g/mol. The molecule has 1 aromatic carbocycles. The molecule has 3 aliphatic heterocycles. The Hall–Kier alpha value is -3.42. The molecule has 1 amide bonds. The summed E-state index contributed by atoms with van der Waals surface area (Å²) in [7, 11) is 0. The van der Waals surface area contributed by atoms with Gasteiger partial charge in [-0.25, -0.2) is 4.79 Å². The van der Waals surface area contributed by atoms with Gasteiger partial charge in [-0.1, -0.05) is 30.3 Å². The van der Waals surface area contributed by atoms with Gasteiger partial charge in [0.1, 0.15) is 12.4 Å². The zero-order valence-electron chi connectivity index (χ0n) is 24.1. The van der Waals surface area contributed by atoms with Gasteiger partial charge in [0.25, 0.3) is 0 Å². The summed E-state index contributed by atoms with van der Waals surface area (Å²) in [6, 6.07) is 11.9. The third-order valence-corrected chi connectivity index (χ3v) is 8.94. The number of nitrogens with one attached hydrogen (secondary N) is 1. The lowest BCUT2D eigenvalue weighted by Gasteiger charge is -2.45. The number of nitriles is 1. The van der Waals surface area contributed by atoms with Crippen LogP contribution in [0.25, 0.3) is 0 Å². The van der Waals surface area contributed by atoms with Gasteiger partial charge < -0.3 is 24.6 Å². The number of carbonyl (C=O) groups excluding carboxylic acids is 1. The molecule has 0 radical (unpaired) electrons. The number of nitrogens with zero attached hydrogens (tertiary/aromatic N) is 6. The van der Waals surface area contributed by atoms with E-state index in [4.69, 9.17) is 19.4 Å². The predicted octanol–water partition coefficient (Wildman–Crippen LogP) is 3.51. The Morgan fingerprint density at radius 2 is 1.98 bits per heavy atom. The number of aromatic nitrogens is 2. The van der Waals surface area contributed by atoms with Crippen molar-refractivity contribution >= 4 is 11.9 Å². The molecule has 41 heavy (non-hydrogen) atoms. The van der Waals surface area contributed by atoms with Crippen molar-refractivity contribution < 1.29 is 14.3 Å². The second-order valence-electron chi connectivity index (χ2n) is 12.2. The molecule has 0 bridgehead atoms. The Labute approximate surface area is 242 Å². The van der Waals surface area contributed by atoms with Gasteiger partial charge in [-0.2, -0.15) is 15.2 Å². The van der Waals surface area contributed by atoms with E-state index in [1.54, 1.807) is 4.90 Å². The van der Waals surface area contributed by atoms with E-state index in [0.29, 0.717) is 32.3 Å². The first-order valence-corrected chi connectivity index (χ1v) is 15.1. The van der Waals surface area contributed by atoms with E-state index < -0.39 is 0 Å². The first-order chi connectivity index (χ1) is 20.0. The van der Waals surface area contributed by atoms with Crippen LogP contribution in [0.2, 0.25) is 0 Å². The van der Waals surface area contributed by atoms with Crippen LogP contribution in [0.15, 0.2) is 30.3 Å². The molecule has 1 saturated carbocycles. The normalized spacial score (nSPS) is 23.5. The summed E-state index contributed by atoms with van der Waals surface area (Å²) >= 11 is 0. The van der Waals surface area contributed by atoms with Gasteiger partial charge in [-0.05, 0) is 64.2 Å². The second kappa shape index (κ2) is 12.2. The van der Waals surface area contributed by atoms with Gasteiger partial charge in [-0.3, -0.25) is 4.90 Å². The van der Waals surface area contributed by atoms with Crippen LogP contribution in [0, 0.1) is 16.7 Å². The fourth-order valence-corrected chi connectivity index (χ4v) is 6.55. The Morgan fingerprint density at radius 1 is 1.17 bits per heavy atom. The summed E-state index contributed by atoms with van der Waals surface area (Å²) in [5.74, 6) is 0.878. The number of ether oxygens (including phenoxy) is 2. The minimum atomic E-state index is -0.382. The number of piperazine rings is 1. The summed E-state index contributed by atoms with van der Waals surface area (Å²) in [5.41, 5.74) is 3.28. The number of amides is 1. The standard InChI is InChI=1S/C31H41N7O3/c1-23-18-37(19-25(9-13-32)38(23)30(39)40-20-24-7-3-2-4-8-24)28-26-10-14-33-17-27(26)34-29(35-28)41-22-31(11-12-31)21-36-15-5-6-16-36/h2-4,7-8,23,25,33H,5-6,9-12,14-22H2,1H3/t23-,25+/m1/s1. The second-order valence-corrected chi connectivity index (χ2v) is 12.2. The maximum Gasteiger partial charge on any atom is 0.410 e. The molecular formula is C31H41N7O3. The molecule has 10 nitrogen and oxygen atoms in total. The number of likely N-dealkylation sites (tertiary alicyclic amines) is 1. The molecule has 6 rings (SSSR count). The minimum absolute atomic E-state index is 0.155. The van der Waals surface area contributed by atoms with E-state index in [-0.39, 0.29) is 36.6 Å². The number of anilines is 1. The molecule has 1 aliphatic carbocycles. The van der Waals surface area contributed by atoms with Crippen LogP contribution in [0.5, 0.6) is 6.01 Å². The Balaban J connectivity index is 1.17. The number of hydrogen-bond donors (Lipinski definition) is 1. The molecule has 4 aliphatic rings. The summed E-state index contributed by atoms with van der Waals surface area (Å²) < 4.78 is 12.0. The summed E-state index contributed by atoms with van der Waals surface area (Å²) in [6.07, 6.45) is 5.65. The topological polar surface area (TPSA) is 107 Å². The molecule has 10 heteroatoms. The molecule has 2 saturated heterocycles. The molecule has 1 N–H and O–H groups in total. The first kappa shape index (κ1) is 27.7. The highest BCUT2D eigenvalue weighted by Gasteiger charge is 2.45. The van der Waals surface area contributed by atoms with Crippen LogP contribution in [0.1, 0.15) is 55.8 Å². The molecule has 0 spiro atoms. The van der Waals surface area contributed by atoms with Crippen molar-refractivity contribution in [2.45, 2.75) is 70.7 Å². The average Bonchev–Trinajstić information content (AvgIpc) is 3.56. The fraction of sp³-hybridized carbons (Fsp3) is 0.613. The highest BCUT2D eigenvalue weighted by molar-refractivity contribution is 5.69. The van der Waals surface area contributed by atoms with E-state index in [2.05, 4.69) is 21.2 Å². The fourth-order valence-electron chi connectivity index (χ4n) is 6.55. The lowest BCUT2D eigenvalue weighted by molar-refractivity contribution is 0.0581. The van der Waals surface area contributed by atoms with Gasteiger partial charge in [0.05, 0.1) is 36.9 Å². The van der Waals surface area contributed by atoms with Crippen LogP contribution in [0.4, 0.5) is 10.6 Å². The van der Waals surface area contributed by atoms with E-state index >= 15 is 0 Å². The third kappa shape index (κ3) is 6.41. The zero-order chi connectivity index (χ0) is 28.2. The number of hydrogen-bond acceptors (Lipinski definition) is 9. The first-order valence-electron chi connectivity index (χ1n) is 15.1. The van der Waals surface area contributed by atoms with Crippen molar-refractivity contribution in [2.75, 3.05) is 50.8 Å². The average molecular weight is 560 g/mol. The van der Waals surface area contributed by atoms with Crippen molar-refractivity contribution in [1.29, 1.82) is 5.26 Å². The Bertz CT molecular complexity index is 1260. The zero-order valence-corrected chi connectivity index (χ0v) is 24.1. The van der Waals surface area contributed by atoms with Crippen molar-refractivity contribution in [3.63, 3.8) is 0 Å². The molecule has 3 fully saturated rings. The maximum atomic E-state index is 13.2. The number of carbonyl (C=O) groups is 1. The highest BCUT2D eigenvalue weighted by Crippen LogP contribution is 2.47. The quantitative estimate of drug-likeness (QED) is 0.494. The van der Waals surface area contributed by atoms with Crippen LogP contribution >= 0.6 is 0 Å². The highest BCUT2D eigenvalue weighted by atomic mass is 16.6. The van der Waals surface area contributed by atoms with E-state index in [1.165, 1.54) is 38.8 Å². The van der Waals surface area contributed by atoms with Gasteiger partial charge in [0, 0.05) is 37.2 Å². The Morgan fingerprint density at radius 3 is 2.73 bits per heavy atom. The van der Waals surface area contributed by atoms with E-state index in [9.17, 15) is 10.1 Å². The van der Waals surface area contributed by atoms with Crippen molar-refractivity contribution in [2.24, 2.45) is 5.41 Å². The third-order valence-electron chi connectivity index (χ3n) is 8.94. The summed E-state index contributed by atoms with van der Waals surface area (Å²) in [5, 5.41) is 13.1. The smallest absolute Gasteiger partial charge is 0.410 e. The lowest BCUT2D eigenvalue weighted by atomic mass is 10.0. The molecule has 0 unspecified atom stereocenters. The molecule has 2 atom stereocenters. The largest absolute Gasteiger partial charge is 0.463 e. The number of benzene rings is 1. The van der Waals surface area contributed by atoms with Crippen LogP contribution < -0.4 is 15.0 Å². The molecule has 4 heterocycles. The molecule has 1 aromatic heterocycles. The summed E-state index contributed by atoms with van der Waals surface area (Å²) in [6.45, 7) is 9.01. The van der Waals surface area contributed by atoms with E-state index in [1.807, 2.05) is 37.3 Å². The summed E-state index contributed by atoms with van der Waals surface area (Å²) in [4.78, 5) is 29.6. The van der Waals surface area contributed by atoms with Crippen LogP contribution in [-0.2, 0) is 24.3 Å². The lowest BCUT2D eigenvalue weighted by Crippen LogP contribution is -2.60. The molecule has 2 aromatic rings. The Kier molecular flexibility index (Phi) is 8.26. The number of rotatable bonds is 9. The van der Waals surface area contributed by atoms with Gasteiger partial charge in [0.15, 0.2) is 0 Å². The van der Waals surface area contributed by atoms with Crippen LogP contribution in [-0.4, -0.2) is 83.8 Å². The van der Waals surface area contributed by atoms with Gasteiger partial charge in [-0.15, -0.1) is 0 Å². The number of fused-ring (bicyclic) bond motifs is 1. The molecule has 218 valence electrons. The van der Waals surface area contributed by atoms with Crippen molar-refractivity contribution in [3.05, 3.63) is 47.2 Å². The van der Waals surface area contributed by atoms with Crippen molar-refractivity contribution in [3.8, 4) is 12.1 Å². The molecular weight excluding hydrogens is 518 g/mol. The van der Waals surface area contributed by atoms with Crippen LogP contribution in [0.3, 0.4) is 0 Å². The van der Waals surface area contributed by atoms with Gasteiger partial charge >= 0.3 is 12.1 Å². The van der Waals surface area contributed by atoms with Gasteiger partial charge in [0.2, 0.25) is 0 Å². The maximum absolute atomic E-state index is 13.2.